The lowest BCUT2D eigenvalue weighted by molar-refractivity contribution is -0.123. The minimum atomic E-state index is -3.79. The normalized spacial score (nSPS) is 19.0. The zero-order valence-electron chi connectivity index (χ0n) is 19.5. The van der Waals surface area contributed by atoms with Crippen LogP contribution in [0.1, 0.15) is 31.7 Å². The molecule has 1 saturated heterocycles. The van der Waals surface area contributed by atoms with Crippen LogP contribution in [0, 0.1) is 12.8 Å². The highest BCUT2D eigenvalue weighted by atomic mass is 32.2. The molecule has 2 aromatic rings. The van der Waals surface area contributed by atoms with Crippen LogP contribution in [-0.4, -0.2) is 50.8 Å². The van der Waals surface area contributed by atoms with Gasteiger partial charge in [-0.25, -0.2) is 8.42 Å². The first-order valence-electron chi connectivity index (χ1n) is 11.3. The van der Waals surface area contributed by atoms with E-state index in [9.17, 15) is 18.0 Å². The van der Waals surface area contributed by atoms with Crippen molar-refractivity contribution in [2.45, 2.75) is 44.1 Å². The molecule has 10 heteroatoms. The molecule has 0 aliphatic carbocycles. The summed E-state index contributed by atoms with van der Waals surface area (Å²) in [6.07, 6.45) is 0.670. The summed E-state index contributed by atoms with van der Waals surface area (Å²) < 4.78 is 39.2. The number of hydrogen-bond donors (Lipinski definition) is 2. The van der Waals surface area contributed by atoms with Gasteiger partial charge in [-0.1, -0.05) is 13.0 Å². The first-order chi connectivity index (χ1) is 16.2. The Morgan fingerprint density at radius 3 is 2.65 bits per heavy atom. The smallest absolute Gasteiger partial charge is 0.265 e. The van der Waals surface area contributed by atoms with Crippen LogP contribution in [0.2, 0.25) is 0 Å². The van der Waals surface area contributed by atoms with Crippen LogP contribution < -0.4 is 20.1 Å². The van der Waals surface area contributed by atoms with Gasteiger partial charge in [0.1, 0.15) is 11.5 Å². The summed E-state index contributed by atoms with van der Waals surface area (Å²) in [7, 11) is -2.23. The molecule has 2 aliphatic heterocycles. The largest absolute Gasteiger partial charge is 0.497 e. The number of sulfonamides is 1. The highest BCUT2D eigenvalue weighted by molar-refractivity contribution is 7.89. The van der Waals surface area contributed by atoms with Gasteiger partial charge >= 0.3 is 0 Å². The second-order valence-corrected chi connectivity index (χ2v) is 10.4. The maximum absolute atomic E-state index is 13.4. The summed E-state index contributed by atoms with van der Waals surface area (Å²) in [6, 6.07) is 10.2. The molecule has 2 heterocycles. The SMILES string of the molecule is CC[C@@H]1Oc2cc(S(=O)(=O)N3CCC(C(=O)Nc4cccc(OC)c4)CC3)c(C)cc2NC1=O. The Morgan fingerprint density at radius 2 is 1.97 bits per heavy atom. The molecule has 1 fully saturated rings. The highest BCUT2D eigenvalue weighted by Crippen LogP contribution is 2.36. The predicted molar refractivity (Wildman–Crippen MR) is 128 cm³/mol. The summed E-state index contributed by atoms with van der Waals surface area (Å²) in [5, 5.41) is 5.67. The fraction of sp³-hybridized carbons (Fsp3) is 0.417. The molecule has 1 atom stereocenters. The van der Waals surface area contributed by atoms with E-state index in [-0.39, 0.29) is 35.7 Å². The molecule has 0 aromatic heterocycles. The van der Waals surface area contributed by atoms with E-state index in [2.05, 4.69) is 10.6 Å². The van der Waals surface area contributed by atoms with Gasteiger partial charge in [-0.2, -0.15) is 4.31 Å². The summed E-state index contributed by atoms with van der Waals surface area (Å²) in [4.78, 5) is 24.9. The monoisotopic (exact) mass is 487 g/mol. The molecule has 9 nitrogen and oxygen atoms in total. The molecule has 0 bridgehead atoms. The Labute approximate surface area is 199 Å². The number of hydrogen-bond acceptors (Lipinski definition) is 6. The lowest BCUT2D eigenvalue weighted by atomic mass is 9.97. The number of carbonyl (C=O) groups excluding carboxylic acids is 2. The van der Waals surface area contributed by atoms with Gasteiger partial charge in [-0.15, -0.1) is 0 Å². The van der Waals surface area contributed by atoms with Crippen LogP contribution in [0.25, 0.3) is 0 Å². The number of aryl methyl sites for hydroxylation is 1. The number of amides is 2. The van der Waals surface area contributed by atoms with Crippen molar-refractivity contribution in [3.8, 4) is 11.5 Å². The number of benzene rings is 2. The molecule has 0 radical (unpaired) electrons. The third-order valence-corrected chi connectivity index (χ3v) is 8.29. The van der Waals surface area contributed by atoms with E-state index in [1.807, 2.05) is 6.92 Å². The van der Waals surface area contributed by atoms with E-state index >= 15 is 0 Å². The van der Waals surface area contributed by atoms with E-state index in [1.54, 1.807) is 44.4 Å². The van der Waals surface area contributed by atoms with Crippen molar-refractivity contribution in [1.29, 1.82) is 0 Å². The van der Waals surface area contributed by atoms with Crippen molar-refractivity contribution in [3.63, 3.8) is 0 Å². The molecule has 2 amide bonds. The Morgan fingerprint density at radius 1 is 1.24 bits per heavy atom. The molecule has 0 spiro atoms. The van der Waals surface area contributed by atoms with Crippen LogP contribution in [0.15, 0.2) is 41.3 Å². The van der Waals surface area contributed by atoms with E-state index in [0.29, 0.717) is 47.7 Å². The Kier molecular flexibility index (Phi) is 6.81. The summed E-state index contributed by atoms with van der Waals surface area (Å²) in [5.41, 5.74) is 1.64. The summed E-state index contributed by atoms with van der Waals surface area (Å²) in [6.45, 7) is 4.00. The number of nitrogens with zero attached hydrogens (tertiary/aromatic N) is 1. The molecule has 2 aliphatic rings. The summed E-state index contributed by atoms with van der Waals surface area (Å²) in [5.74, 6) is 0.339. The quantitative estimate of drug-likeness (QED) is 0.647. The minimum Gasteiger partial charge on any atom is -0.497 e. The highest BCUT2D eigenvalue weighted by Gasteiger charge is 2.35. The average Bonchev–Trinajstić information content (AvgIpc) is 2.83. The van der Waals surface area contributed by atoms with Gasteiger partial charge in [0.05, 0.1) is 17.7 Å². The number of fused-ring (bicyclic) bond motifs is 1. The zero-order valence-corrected chi connectivity index (χ0v) is 20.3. The molecule has 0 unspecified atom stereocenters. The van der Waals surface area contributed by atoms with Crippen molar-refractivity contribution in [2.75, 3.05) is 30.8 Å². The van der Waals surface area contributed by atoms with Crippen LogP contribution in [0.3, 0.4) is 0 Å². The standard InChI is InChI=1S/C24H29N3O6S/c1-4-20-24(29)26-19-12-15(2)22(14-21(19)33-20)34(30,31)27-10-8-16(9-11-27)23(28)25-17-6-5-7-18(13-17)32-3/h5-7,12-14,16,20H,4,8-11H2,1-3H3,(H,25,28)(H,26,29)/t20-/m0/s1. The van der Waals surface area contributed by atoms with Gasteiger partial charge in [0, 0.05) is 36.8 Å². The van der Waals surface area contributed by atoms with Gasteiger partial charge in [-0.3, -0.25) is 9.59 Å². The minimum absolute atomic E-state index is 0.134. The zero-order chi connectivity index (χ0) is 24.5. The molecule has 2 N–H and O–H groups in total. The van der Waals surface area contributed by atoms with Gasteiger partial charge in [-0.05, 0) is 49.9 Å². The average molecular weight is 488 g/mol. The third kappa shape index (κ3) is 4.74. The molecule has 4 rings (SSSR count). The second-order valence-electron chi connectivity index (χ2n) is 8.52. The van der Waals surface area contributed by atoms with Gasteiger partial charge < -0.3 is 20.1 Å². The van der Waals surface area contributed by atoms with Crippen LogP contribution in [0.4, 0.5) is 11.4 Å². The van der Waals surface area contributed by atoms with Crippen molar-refractivity contribution in [3.05, 3.63) is 42.0 Å². The molecular formula is C24H29N3O6S. The van der Waals surface area contributed by atoms with Crippen molar-refractivity contribution in [2.24, 2.45) is 5.92 Å². The Hall–Kier alpha value is -3.11. The number of ether oxygens (including phenoxy) is 2. The second kappa shape index (κ2) is 9.63. The number of rotatable bonds is 6. The maximum Gasteiger partial charge on any atom is 0.265 e. The maximum atomic E-state index is 13.4. The van der Waals surface area contributed by atoms with Crippen molar-refractivity contribution < 1.29 is 27.5 Å². The number of anilines is 2. The first kappa shape index (κ1) is 24.0. The molecule has 182 valence electrons. The van der Waals surface area contributed by atoms with Gasteiger partial charge in [0.25, 0.3) is 5.91 Å². The fourth-order valence-corrected chi connectivity index (χ4v) is 5.97. The van der Waals surface area contributed by atoms with E-state index in [4.69, 9.17) is 9.47 Å². The predicted octanol–water partition coefficient (Wildman–Crippen LogP) is 3.15. The lowest BCUT2D eigenvalue weighted by Gasteiger charge is -2.32. The van der Waals surface area contributed by atoms with Gasteiger partial charge in [0.2, 0.25) is 15.9 Å². The molecular weight excluding hydrogens is 458 g/mol. The summed E-state index contributed by atoms with van der Waals surface area (Å²) >= 11 is 0. The van der Waals surface area contributed by atoms with Crippen LogP contribution >= 0.6 is 0 Å². The molecule has 0 saturated carbocycles. The van der Waals surface area contributed by atoms with E-state index in [0.717, 1.165) is 0 Å². The Balaban J connectivity index is 1.45. The lowest BCUT2D eigenvalue weighted by Crippen LogP contribution is -2.41. The van der Waals surface area contributed by atoms with Gasteiger partial charge in [0.15, 0.2) is 6.10 Å². The molecule has 2 aromatic carbocycles. The number of methoxy groups -OCH3 is 1. The van der Waals surface area contributed by atoms with E-state index in [1.165, 1.54) is 10.4 Å². The first-order valence-corrected chi connectivity index (χ1v) is 12.7. The fourth-order valence-electron chi connectivity index (χ4n) is 4.27. The van der Waals surface area contributed by atoms with Crippen LogP contribution in [0.5, 0.6) is 11.5 Å². The van der Waals surface area contributed by atoms with Crippen molar-refractivity contribution >= 4 is 33.2 Å². The van der Waals surface area contributed by atoms with Crippen molar-refractivity contribution in [1.82, 2.24) is 4.31 Å². The third-order valence-electron chi connectivity index (χ3n) is 6.25. The molecule has 34 heavy (non-hydrogen) atoms. The number of nitrogens with one attached hydrogen (secondary N) is 2. The Bertz CT molecular complexity index is 1210. The van der Waals surface area contributed by atoms with E-state index < -0.39 is 16.1 Å². The number of carbonyl (C=O) groups is 2. The topological polar surface area (TPSA) is 114 Å². The number of piperidine rings is 1. The van der Waals surface area contributed by atoms with Crippen LogP contribution in [-0.2, 0) is 19.6 Å².